The van der Waals surface area contributed by atoms with Crippen LogP contribution in [0.3, 0.4) is 0 Å². The van der Waals surface area contributed by atoms with Crippen molar-refractivity contribution in [2.45, 2.75) is 79.1 Å². The van der Waals surface area contributed by atoms with Crippen LogP contribution in [0.4, 0.5) is 0 Å². The topological polar surface area (TPSA) is 0 Å². The van der Waals surface area contributed by atoms with Gasteiger partial charge in [0, 0.05) is 0 Å². The first kappa shape index (κ1) is 14.0. The molecule has 0 bridgehead atoms. The van der Waals surface area contributed by atoms with Crippen molar-refractivity contribution in [1.82, 2.24) is 0 Å². The molecule has 0 aromatic heterocycles. The van der Waals surface area contributed by atoms with Gasteiger partial charge in [0.25, 0.3) is 0 Å². The Balaban J connectivity index is 0.000000227. The molecule has 0 radical (unpaired) electrons. The quantitative estimate of drug-likeness (QED) is 0.487. The first-order valence-corrected chi connectivity index (χ1v) is 6.29. The van der Waals surface area contributed by atoms with Gasteiger partial charge in [-0.3, -0.25) is 0 Å². The molecule has 2 aliphatic carbocycles. The zero-order chi connectivity index (χ0) is 9.52. The molecule has 0 unspecified atom stereocenters. The molecule has 2 rings (SSSR count). The van der Waals surface area contributed by atoms with Gasteiger partial charge >= 0.3 is 0 Å². The Morgan fingerprint density at radius 1 is 0.571 bits per heavy atom. The molecule has 0 aromatic carbocycles. The molecule has 0 spiro atoms. The van der Waals surface area contributed by atoms with E-state index in [1.807, 2.05) is 0 Å². The van der Waals surface area contributed by atoms with Crippen LogP contribution in [0.5, 0.6) is 0 Å². The zero-order valence-electron chi connectivity index (χ0n) is 9.52. The third-order valence-corrected chi connectivity index (χ3v) is 3.54. The first-order chi connectivity index (χ1) is 6.29. The van der Waals surface area contributed by atoms with Crippen molar-refractivity contribution in [3.8, 4) is 0 Å². The minimum absolute atomic E-state index is 0. The van der Waals surface area contributed by atoms with E-state index in [4.69, 9.17) is 0 Å². The minimum Gasteiger partial charge on any atom is -0.0776 e. The Hall–Kier alpha value is 0. The van der Waals surface area contributed by atoms with Gasteiger partial charge in [0.2, 0.25) is 0 Å². The summed E-state index contributed by atoms with van der Waals surface area (Å²) in [6.45, 7) is 4.70. The lowest BCUT2D eigenvalue weighted by atomic mass is 9.91. The van der Waals surface area contributed by atoms with Crippen LogP contribution < -0.4 is 0 Å². The largest absolute Gasteiger partial charge is 0.0776 e. The summed E-state index contributed by atoms with van der Waals surface area (Å²) in [4.78, 5) is 0. The molecule has 0 nitrogen and oxygen atoms in total. The van der Waals surface area contributed by atoms with E-state index in [1.165, 1.54) is 57.8 Å². The molecule has 86 valence electrons. The summed E-state index contributed by atoms with van der Waals surface area (Å²) in [5.74, 6) is 2.08. The average molecular weight is 198 g/mol. The van der Waals surface area contributed by atoms with Gasteiger partial charge in [-0.2, -0.15) is 0 Å². The van der Waals surface area contributed by atoms with E-state index in [9.17, 15) is 0 Å². The van der Waals surface area contributed by atoms with E-state index < -0.39 is 0 Å². The van der Waals surface area contributed by atoms with E-state index in [0.717, 1.165) is 11.8 Å². The third kappa shape index (κ3) is 6.45. The zero-order valence-corrected chi connectivity index (χ0v) is 9.52. The van der Waals surface area contributed by atoms with E-state index >= 15 is 0 Å². The maximum Gasteiger partial charge on any atom is -0.0443 e. The van der Waals surface area contributed by atoms with Gasteiger partial charge in [0.1, 0.15) is 0 Å². The SMILES string of the molecule is C.CC1CCCC1.CC1CCCCC1. The highest BCUT2D eigenvalue weighted by molar-refractivity contribution is 4.60. The van der Waals surface area contributed by atoms with E-state index in [0.29, 0.717) is 0 Å². The molecule has 0 saturated heterocycles. The fourth-order valence-corrected chi connectivity index (χ4v) is 2.44. The molecule has 0 atom stereocenters. The van der Waals surface area contributed by atoms with Crippen molar-refractivity contribution in [3.05, 3.63) is 0 Å². The summed E-state index contributed by atoms with van der Waals surface area (Å²) in [6, 6.07) is 0. The lowest BCUT2D eigenvalue weighted by molar-refractivity contribution is 0.385. The van der Waals surface area contributed by atoms with Gasteiger partial charge in [0.15, 0.2) is 0 Å². The van der Waals surface area contributed by atoms with E-state index in [-0.39, 0.29) is 7.43 Å². The molecule has 0 amide bonds. The molecule has 2 aliphatic rings. The smallest absolute Gasteiger partial charge is 0.0443 e. The average Bonchev–Trinajstić information content (AvgIpc) is 2.58. The Kier molecular flexibility index (Phi) is 8.32. The summed E-state index contributed by atoms with van der Waals surface area (Å²) in [7, 11) is 0. The fraction of sp³-hybridized carbons (Fsp3) is 1.00. The summed E-state index contributed by atoms with van der Waals surface area (Å²) in [5, 5.41) is 0. The number of hydrogen-bond acceptors (Lipinski definition) is 0. The molecular formula is C14H30. The van der Waals surface area contributed by atoms with Crippen LogP contribution in [0, 0.1) is 11.8 Å². The normalized spacial score (nSPS) is 23.6. The third-order valence-electron chi connectivity index (χ3n) is 3.54. The van der Waals surface area contributed by atoms with Gasteiger partial charge in [-0.05, 0) is 11.8 Å². The Morgan fingerprint density at radius 2 is 0.857 bits per heavy atom. The first-order valence-electron chi connectivity index (χ1n) is 6.29. The van der Waals surface area contributed by atoms with Crippen LogP contribution in [0.1, 0.15) is 79.1 Å². The second kappa shape index (κ2) is 8.32. The van der Waals surface area contributed by atoms with Gasteiger partial charge in [-0.15, -0.1) is 0 Å². The maximum absolute atomic E-state index is 2.36. The highest BCUT2D eigenvalue weighted by Gasteiger charge is 2.07. The van der Waals surface area contributed by atoms with Crippen molar-refractivity contribution in [2.75, 3.05) is 0 Å². The van der Waals surface area contributed by atoms with Crippen LogP contribution in [0.2, 0.25) is 0 Å². The Labute approximate surface area is 91.5 Å². The second-order valence-electron chi connectivity index (χ2n) is 5.13. The molecule has 0 aliphatic heterocycles. The van der Waals surface area contributed by atoms with Crippen LogP contribution >= 0.6 is 0 Å². The lowest BCUT2D eigenvalue weighted by Gasteiger charge is -2.15. The maximum atomic E-state index is 2.36. The Bertz CT molecular complexity index is 105. The second-order valence-corrected chi connectivity index (χ2v) is 5.13. The molecular weight excluding hydrogens is 168 g/mol. The summed E-state index contributed by atoms with van der Waals surface area (Å²) in [6.07, 6.45) is 13.4. The molecule has 0 N–H and O–H groups in total. The summed E-state index contributed by atoms with van der Waals surface area (Å²) in [5.41, 5.74) is 0. The van der Waals surface area contributed by atoms with Crippen molar-refractivity contribution in [2.24, 2.45) is 11.8 Å². The molecule has 0 heteroatoms. The predicted molar refractivity (Wildman–Crippen MR) is 66.6 cm³/mol. The van der Waals surface area contributed by atoms with Gasteiger partial charge in [-0.25, -0.2) is 0 Å². The summed E-state index contributed by atoms with van der Waals surface area (Å²) < 4.78 is 0. The van der Waals surface area contributed by atoms with Crippen molar-refractivity contribution < 1.29 is 0 Å². The molecule has 0 heterocycles. The molecule has 2 saturated carbocycles. The molecule has 2 fully saturated rings. The fourth-order valence-electron chi connectivity index (χ4n) is 2.44. The van der Waals surface area contributed by atoms with Crippen LogP contribution in [0.15, 0.2) is 0 Å². The van der Waals surface area contributed by atoms with Crippen LogP contribution in [-0.4, -0.2) is 0 Å². The van der Waals surface area contributed by atoms with Gasteiger partial charge in [0.05, 0.1) is 0 Å². The van der Waals surface area contributed by atoms with Gasteiger partial charge in [-0.1, -0.05) is 79.1 Å². The minimum atomic E-state index is 0. The lowest BCUT2D eigenvalue weighted by Crippen LogP contribution is -1.99. The monoisotopic (exact) mass is 198 g/mol. The standard InChI is InChI=1S/C7H14.C6H12.CH4/c1-7-5-3-2-4-6-7;1-6-4-2-3-5-6;/h7H,2-6H2,1H3;6H,2-5H2,1H3;1H4. The molecule has 0 aromatic rings. The number of hydrogen-bond donors (Lipinski definition) is 0. The van der Waals surface area contributed by atoms with Crippen LogP contribution in [0.25, 0.3) is 0 Å². The summed E-state index contributed by atoms with van der Waals surface area (Å²) >= 11 is 0. The van der Waals surface area contributed by atoms with Crippen LogP contribution in [-0.2, 0) is 0 Å². The predicted octanol–water partition coefficient (Wildman–Crippen LogP) is 5.42. The van der Waals surface area contributed by atoms with Crippen molar-refractivity contribution >= 4 is 0 Å². The van der Waals surface area contributed by atoms with E-state index in [2.05, 4.69) is 13.8 Å². The number of rotatable bonds is 0. The Morgan fingerprint density at radius 3 is 1.00 bits per heavy atom. The highest BCUT2D eigenvalue weighted by atomic mass is 14.1. The van der Waals surface area contributed by atoms with E-state index in [1.54, 1.807) is 0 Å². The van der Waals surface area contributed by atoms with Crippen molar-refractivity contribution in [1.29, 1.82) is 0 Å². The van der Waals surface area contributed by atoms with Gasteiger partial charge < -0.3 is 0 Å². The molecule has 14 heavy (non-hydrogen) atoms. The van der Waals surface area contributed by atoms with Crippen molar-refractivity contribution in [3.63, 3.8) is 0 Å². The highest BCUT2D eigenvalue weighted by Crippen LogP contribution is 2.23.